The highest BCUT2D eigenvalue weighted by Crippen LogP contribution is 2.14. The predicted octanol–water partition coefficient (Wildman–Crippen LogP) is 2.18. The van der Waals surface area contributed by atoms with Crippen molar-refractivity contribution in [3.8, 4) is 0 Å². The van der Waals surface area contributed by atoms with E-state index in [4.69, 9.17) is 0 Å². The lowest BCUT2D eigenvalue weighted by molar-refractivity contribution is -0.120. The zero-order valence-electron chi connectivity index (χ0n) is 9.16. The number of hydrogen-bond acceptors (Lipinski definition) is 3. The lowest BCUT2D eigenvalue weighted by atomic mass is 10.0. The number of carbonyl (C=O) groups excluding carboxylic acids is 1. The van der Waals surface area contributed by atoms with E-state index in [-0.39, 0.29) is 11.7 Å². The van der Waals surface area contributed by atoms with Gasteiger partial charge in [-0.2, -0.15) is 0 Å². The van der Waals surface area contributed by atoms with E-state index in [0.717, 1.165) is 11.4 Å². The Kier molecular flexibility index (Phi) is 3.33. The number of aryl methyl sites for hydroxylation is 2. The molecule has 0 spiro atoms. The van der Waals surface area contributed by atoms with Gasteiger partial charge >= 0.3 is 0 Å². The minimum atomic E-state index is -0.182. The first kappa shape index (κ1) is 10.8. The van der Waals surface area contributed by atoms with Crippen molar-refractivity contribution < 1.29 is 4.79 Å². The smallest absolute Gasteiger partial charge is 0.142 e. The summed E-state index contributed by atoms with van der Waals surface area (Å²) in [5, 5.41) is 0. The van der Waals surface area contributed by atoms with Gasteiger partial charge in [0.25, 0.3) is 0 Å². The summed E-state index contributed by atoms with van der Waals surface area (Å²) >= 11 is 0. The second-order valence-corrected chi connectivity index (χ2v) is 3.55. The molecular weight excluding hydrogens is 176 g/mol. The van der Waals surface area contributed by atoms with Gasteiger partial charge in [0, 0.05) is 17.8 Å². The topological polar surface area (TPSA) is 42.9 Å². The monoisotopic (exact) mass is 192 g/mol. The zero-order chi connectivity index (χ0) is 10.7. The molecule has 1 rings (SSSR count). The lowest BCUT2D eigenvalue weighted by Crippen LogP contribution is -2.12. The maximum absolute atomic E-state index is 11.5. The van der Waals surface area contributed by atoms with Gasteiger partial charge in [-0.25, -0.2) is 9.97 Å². The van der Waals surface area contributed by atoms with Gasteiger partial charge in [0.05, 0.1) is 5.92 Å². The molecule has 14 heavy (non-hydrogen) atoms. The number of Topliss-reactive ketones (excluding diaryl/α,β-unsaturated/α-hetero) is 1. The van der Waals surface area contributed by atoms with E-state index in [9.17, 15) is 4.79 Å². The van der Waals surface area contributed by atoms with Crippen molar-refractivity contribution in [2.45, 2.75) is 40.0 Å². The largest absolute Gasteiger partial charge is 0.299 e. The Hall–Kier alpha value is -1.25. The first-order valence-corrected chi connectivity index (χ1v) is 4.89. The van der Waals surface area contributed by atoms with Crippen LogP contribution in [0.25, 0.3) is 0 Å². The Balaban J connectivity index is 3.00. The normalized spacial score (nSPS) is 12.6. The fourth-order valence-corrected chi connectivity index (χ4v) is 1.40. The van der Waals surface area contributed by atoms with Gasteiger partial charge in [0.15, 0.2) is 0 Å². The fraction of sp³-hybridized carbons (Fsp3) is 0.545. The molecule has 3 nitrogen and oxygen atoms in total. The molecule has 1 unspecified atom stereocenters. The average molecular weight is 192 g/mol. The molecule has 3 heteroatoms. The minimum absolute atomic E-state index is 0.182. The molecule has 0 bridgehead atoms. The summed E-state index contributed by atoms with van der Waals surface area (Å²) in [6.45, 7) is 7.56. The van der Waals surface area contributed by atoms with Gasteiger partial charge in [0.1, 0.15) is 11.6 Å². The molecule has 1 atom stereocenters. The van der Waals surface area contributed by atoms with E-state index in [0.29, 0.717) is 12.2 Å². The minimum Gasteiger partial charge on any atom is -0.299 e. The summed E-state index contributed by atoms with van der Waals surface area (Å²) in [6, 6.07) is 1.91. The molecule has 0 radical (unpaired) electrons. The van der Waals surface area contributed by atoms with Gasteiger partial charge in [-0.1, -0.05) is 6.92 Å². The second kappa shape index (κ2) is 4.31. The van der Waals surface area contributed by atoms with Crippen LogP contribution in [0.5, 0.6) is 0 Å². The molecule has 76 valence electrons. The van der Waals surface area contributed by atoms with E-state index in [1.54, 1.807) is 0 Å². The number of hydrogen-bond donors (Lipinski definition) is 0. The molecule has 0 N–H and O–H groups in total. The third kappa shape index (κ3) is 2.37. The van der Waals surface area contributed by atoms with Crippen LogP contribution in [0.4, 0.5) is 0 Å². The van der Waals surface area contributed by atoms with Crippen LogP contribution in [-0.2, 0) is 4.79 Å². The van der Waals surface area contributed by atoms with Crippen LogP contribution in [0.1, 0.15) is 43.4 Å². The van der Waals surface area contributed by atoms with Crippen molar-refractivity contribution >= 4 is 5.78 Å². The van der Waals surface area contributed by atoms with E-state index in [2.05, 4.69) is 9.97 Å². The molecular formula is C11H16N2O. The van der Waals surface area contributed by atoms with Crippen LogP contribution in [-0.4, -0.2) is 15.8 Å². The van der Waals surface area contributed by atoms with Crippen LogP contribution in [0.15, 0.2) is 6.07 Å². The van der Waals surface area contributed by atoms with Gasteiger partial charge in [-0.15, -0.1) is 0 Å². The number of ketones is 1. The Morgan fingerprint density at radius 3 is 2.29 bits per heavy atom. The summed E-state index contributed by atoms with van der Waals surface area (Å²) in [7, 11) is 0. The van der Waals surface area contributed by atoms with E-state index >= 15 is 0 Å². The van der Waals surface area contributed by atoms with E-state index in [1.165, 1.54) is 0 Å². The molecule has 0 aromatic carbocycles. The van der Waals surface area contributed by atoms with Crippen LogP contribution < -0.4 is 0 Å². The quantitative estimate of drug-likeness (QED) is 0.737. The first-order chi connectivity index (χ1) is 6.54. The Morgan fingerprint density at radius 1 is 1.36 bits per heavy atom. The Bertz CT molecular complexity index is 327. The summed E-state index contributed by atoms with van der Waals surface area (Å²) in [5.74, 6) is 0.656. The fourth-order valence-electron chi connectivity index (χ4n) is 1.40. The first-order valence-electron chi connectivity index (χ1n) is 4.89. The third-order valence-corrected chi connectivity index (χ3v) is 2.22. The molecule has 0 aliphatic heterocycles. The Morgan fingerprint density at radius 2 is 1.86 bits per heavy atom. The molecule has 0 saturated carbocycles. The molecule has 0 aliphatic carbocycles. The van der Waals surface area contributed by atoms with E-state index in [1.807, 2.05) is 33.8 Å². The van der Waals surface area contributed by atoms with Gasteiger partial charge in [0.2, 0.25) is 0 Å². The molecule has 0 fully saturated rings. The van der Waals surface area contributed by atoms with Crippen molar-refractivity contribution in [1.29, 1.82) is 0 Å². The standard InChI is InChI=1S/C11H16N2O/c1-5-10(14)9(4)11-12-7(2)6-8(3)13-11/h6,9H,5H2,1-4H3. The second-order valence-electron chi connectivity index (χ2n) is 3.55. The van der Waals surface area contributed by atoms with Crippen LogP contribution in [0.2, 0.25) is 0 Å². The van der Waals surface area contributed by atoms with Crippen LogP contribution >= 0.6 is 0 Å². The number of nitrogens with zero attached hydrogens (tertiary/aromatic N) is 2. The van der Waals surface area contributed by atoms with Crippen LogP contribution in [0, 0.1) is 13.8 Å². The van der Waals surface area contributed by atoms with Crippen molar-refractivity contribution in [2.24, 2.45) is 0 Å². The number of aromatic nitrogens is 2. The van der Waals surface area contributed by atoms with Crippen molar-refractivity contribution in [1.82, 2.24) is 9.97 Å². The van der Waals surface area contributed by atoms with Crippen molar-refractivity contribution in [3.05, 3.63) is 23.3 Å². The third-order valence-electron chi connectivity index (χ3n) is 2.22. The average Bonchev–Trinajstić information content (AvgIpc) is 2.14. The highest BCUT2D eigenvalue weighted by atomic mass is 16.1. The number of carbonyl (C=O) groups is 1. The summed E-state index contributed by atoms with van der Waals surface area (Å²) in [5.41, 5.74) is 1.84. The van der Waals surface area contributed by atoms with Gasteiger partial charge in [-0.3, -0.25) is 4.79 Å². The highest BCUT2D eigenvalue weighted by Gasteiger charge is 2.16. The van der Waals surface area contributed by atoms with Crippen molar-refractivity contribution in [3.63, 3.8) is 0 Å². The maximum Gasteiger partial charge on any atom is 0.142 e. The lowest BCUT2D eigenvalue weighted by Gasteiger charge is -2.08. The molecule has 1 heterocycles. The summed E-state index contributed by atoms with van der Waals surface area (Å²) < 4.78 is 0. The molecule has 1 aromatic rings. The molecule has 0 aliphatic rings. The highest BCUT2D eigenvalue weighted by molar-refractivity contribution is 5.84. The molecule has 0 saturated heterocycles. The van der Waals surface area contributed by atoms with E-state index < -0.39 is 0 Å². The molecule has 0 amide bonds. The summed E-state index contributed by atoms with van der Waals surface area (Å²) in [4.78, 5) is 20.0. The maximum atomic E-state index is 11.5. The van der Waals surface area contributed by atoms with Gasteiger partial charge < -0.3 is 0 Å². The SMILES string of the molecule is CCC(=O)C(C)c1nc(C)cc(C)n1. The van der Waals surface area contributed by atoms with Crippen LogP contribution in [0.3, 0.4) is 0 Å². The summed E-state index contributed by atoms with van der Waals surface area (Å²) in [6.07, 6.45) is 0.539. The molecule has 1 aromatic heterocycles. The van der Waals surface area contributed by atoms with Crippen molar-refractivity contribution in [2.75, 3.05) is 0 Å². The van der Waals surface area contributed by atoms with Gasteiger partial charge in [-0.05, 0) is 26.8 Å². The number of rotatable bonds is 3. The predicted molar refractivity (Wildman–Crippen MR) is 55.2 cm³/mol. The zero-order valence-corrected chi connectivity index (χ0v) is 9.16. The Labute approximate surface area is 84.6 Å².